The molecule has 0 radical (unpaired) electrons. The summed E-state index contributed by atoms with van der Waals surface area (Å²) in [5, 5.41) is 10.1. The van der Waals surface area contributed by atoms with E-state index in [4.69, 9.17) is 14.3 Å². The number of rotatable bonds is 5. The number of ketones is 1. The van der Waals surface area contributed by atoms with Gasteiger partial charge in [-0.1, -0.05) is 6.92 Å². The maximum Gasteiger partial charge on any atom is 0.306 e. The molecule has 0 fully saturated rings. The zero-order chi connectivity index (χ0) is 16.7. The fourth-order valence-corrected chi connectivity index (χ4v) is 3.46. The van der Waals surface area contributed by atoms with Gasteiger partial charge in [0.2, 0.25) is 0 Å². The van der Waals surface area contributed by atoms with Crippen molar-refractivity contribution in [3.63, 3.8) is 0 Å². The molecule has 3 rings (SSSR count). The molecule has 3 aromatic rings. The maximum atomic E-state index is 13.4. The number of carbonyl (C=O) groups is 2. The van der Waals surface area contributed by atoms with Crippen LogP contribution in [0.5, 0.6) is 5.75 Å². The van der Waals surface area contributed by atoms with E-state index < -0.39 is 17.9 Å². The number of furan rings is 1. The van der Waals surface area contributed by atoms with Gasteiger partial charge in [-0.25, -0.2) is 0 Å². The third-order valence-corrected chi connectivity index (χ3v) is 4.77. The van der Waals surface area contributed by atoms with E-state index >= 15 is 0 Å². The number of carbonyl (C=O) groups excluding carboxylic acids is 1. The third-order valence-electron chi connectivity index (χ3n) is 3.65. The Morgan fingerprint density at radius 2 is 2.09 bits per heavy atom. The Kier molecular flexibility index (Phi) is 3.81. The van der Waals surface area contributed by atoms with Crippen LogP contribution in [0, 0.1) is 11.9 Å². The van der Waals surface area contributed by atoms with Crippen LogP contribution in [0.3, 0.4) is 0 Å². The third kappa shape index (κ3) is 2.68. The van der Waals surface area contributed by atoms with E-state index in [-0.39, 0.29) is 17.8 Å². The van der Waals surface area contributed by atoms with Crippen LogP contribution in [0.15, 0.2) is 22.6 Å². The molecule has 1 aromatic carbocycles. The fourth-order valence-electron chi connectivity index (χ4n) is 2.41. The molecular formula is C16H13FO5S. The molecule has 7 heteroatoms. The van der Waals surface area contributed by atoms with Gasteiger partial charge in [-0.15, -0.1) is 11.3 Å². The highest BCUT2D eigenvalue weighted by atomic mass is 32.1. The van der Waals surface area contributed by atoms with Gasteiger partial charge in [0.1, 0.15) is 0 Å². The highest BCUT2D eigenvalue weighted by Gasteiger charge is 2.21. The molecule has 0 saturated heterocycles. The Bertz CT molecular complexity index is 923. The first-order valence-electron chi connectivity index (χ1n) is 6.86. The van der Waals surface area contributed by atoms with Crippen LogP contribution in [0.4, 0.5) is 4.39 Å². The SMILES string of the molecule is COc1cc2sc(C(=O)C[C@H](C)C(=O)O)cc2c2cc(F)oc12. The minimum absolute atomic E-state index is 0.0812. The molecule has 0 saturated carbocycles. The van der Waals surface area contributed by atoms with Crippen molar-refractivity contribution in [3.8, 4) is 5.75 Å². The second kappa shape index (κ2) is 5.66. The minimum atomic E-state index is -1.01. The van der Waals surface area contributed by atoms with Crippen molar-refractivity contribution in [2.24, 2.45) is 5.92 Å². The summed E-state index contributed by atoms with van der Waals surface area (Å²) < 4.78 is 24.4. The molecule has 23 heavy (non-hydrogen) atoms. The number of hydrogen-bond donors (Lipinski definition) is 1. The summed E-state index contributed by atoms with van der Waals surface area (Å²) >= 11 is 1.23. The quantitative estimate of drug-likeness (QED) is 0.710. The number of ether oxygens (including phenoxy) is 1. The van der Waals surface area contributed by atoms with Crippen molar-refractivity contribution in [1.29, 1.82) is 0 Å². The van der Waals surface area contributed by atoms with Gasteiger partial charge < -0.3 is 14.3 Å². The minimum Gasteiger partial charge on any atom is -0.493 e. The summed E-state index contributed by atoms with van der Waals surface area (Å²) in [5.41, 5.74) is 0.285. The van der Waals surface area contributed by atoms with Gasteiger partial charge in [-0.3, -0.25) is 9.59 Å². The van der Waals surface area contributed by atoms with E-state index in [1.54, 1.807) is 12.1 Å². The first-order valence-corrected chi connectivity index (χ1v) is 7.68. The maximum absolute atomic E-state index is 13.4. The number of carboxylic acid groups (broad SMARTS) is 1. The molecule has 1 N–H and O–H groups in total. The van der Waals surface area contributed by atoms with Gasteiger partial charge in [0.05, 0.1) is 17.9 Å². The molecule has 0 bridgehead atoms. The van der Waals surface area contributed by atoms with Crippen LogP contribution in [-0.2, 0) is 4.79 Å². The lowest BCUT2D eigenvalue weighted by atomic mass is 10.0. The van der Waals surface area contributed by atoms with Crippen molar-refractivity contribution >= 4 is 44.1 Å². The Balaban J connectivity index is 2.10. The Morgan fingerprint density at radius 3 is 2.74 bits per heavy atom. The van der Waals surface area contributed by atoms with E-state index in [2.05, 4.69) is 0 Å². The molecule has 0 spiro atoms. The van der Waals surface area contributed by atoms with Crippen LogP contribution in [-0.4, -0.2) is 24.0 Å². The second-order valence-corrected chi connectivity index (χ2v) is 6.34. The van der Waals surface area contributed by atoms with E-state index in [9.17, 15) is 14.0 Å². The topological polar surface area (TPSA) is 76.7 Å². The first kappa shape index (κ1) is 15.5. The lowest BCUT2D eigenvalue weighted by Gasteiger charge is -2.02. The Labute approximate surface area is 134 Å². The molecule has 0 aliphatic rings. The number of Topliss-reactive ketones (excluding diaryl/α,β-unsaturated/α-hetero) is 1. The van der Waals surface area contributed by atoms with E-state index in [0.717, 1.165) is 4.70 Å². The summed E-state index contributed by atoms with van der Waals surface area (Å²) in [5.74, 6) is -1.64. The highest BCUT2D eigenvalue weighted by molar-refractivity contribution is 7.21. The summed E-state index contributed by atoms with van der Waals surface area (Å²) in [6, 6.07) is 3.85. The largest absolute Gasteiger partial charge is 0.493 e. The number of hydrogen-bond acceptors (Lipinski definition) is 5. The number of thiophene rings is 1. The lowest BCUT2D eigenvalue weighted by Crippen LogP contribution is -2.13. The van der Waals surface area contributed by atoms with Gasteiger partial charge in [0.25, 0.3) is 6.01 Å². The summed E-state index contributed by atoms with van der Waals surface area (Å²) in [6.07, 6.45) is -0.0812. The normalized spacial score (nSPS) is 12.7. The van der Waals surface area contributed by atoms with Crippen molar-refractivity contribution < 1.29 is 28.2 Å². The monoisotopic (exact) mass is 336 g/mol. The molecular weight excluding hydrogens is 323 g/mol. The van der Waals surface area contributed by atoms with Crippen LogP contribution in [0.2, 0.25) is 0 Å². The molecule has 120 valence electrons. The van der Waals surface area contributed by atoms with Gasteiger partial charge in [-0.2, -0.15) is 4.39 Å². The predicted octanol–water partition coefficient (Wildman–Crippen LogP) is 4.09. The van der Waals surface area contributed by atoms with Gasteiger partial charge in [0.15, 0.2) is 17.1 Å². The van der Waals surface area contributed by atoms with Crippen molar-refractivity contribution in [1.82, 2.24) is 0 Å². The standard InChI is InChI=1S/C16H13FO5S/c1-7(16(19)20)3-10(18)13-4-8-9-5-14(17)22-15(9)11(21-2)6-12(8)23-13/h4-7H,3H2,1-2H3,(H,19,20)/t7-/m0/s1. The van der Waals surface area contributed by atoms with Gasteiger partial charge >= 0.3 is 5.97 Å². The molecule has 0 amide bonds. The average molecular weight is 336 g/mol. The highest BCUT2D eigenvalue weighted by Crippen LogP contribution is 2.39. The van der Waals surface area contributed by atoms with Crippen LogP contribution in [0.1, 0.15) is 23.0 Å². The zero-order valence-electron chi connectivity index (χ0n) is 12.4. The molecule has 0 unspecified atom stereocenters. The number of aliphatic carboxylic acids is 1. The Morgan fingerprint density at radius 1 is 1.35 bits per heavy atom. The second-order valence-electron chi connectivity index (χ2n) is 5.26. The molecule has 2 heterocycles. The smallest absolute Gasteiger partial charge is 0.306 e. The van der Waals surface area contributed by atoms with Crippen LogP contribution >= 0.6 is 11.3 Å². The number of methoxy groups -OCH3 is 1. The summed E-state index contributed by atoms with van der Waals surface area (Å²) in [7, 11) is 1.45. The molecule has 0 aliphatic heterocycles. The van der Waals surface area contributed by atoms with Crippen LogP contribution < -0.4 is 4.74 Å². The summed E-state index contributed by atoms with van der Waals surface area (Å²) in [6.45, 7) is 1.49. The molecule has 5 nitrogen and oxygen atoms in total. The Hall–Kier alpha value is -2.41. The van der Waals surface area contributed by atoms with E-state index in [0.29, 0.717) is 21.4 Å². The van der Waals surface area contributed by atoms with Gasteiger partial charge in [0, 0.05) is 34.0 Å². The number of benzene rings is 1. The number of carboxylic acids is 1. The van der Waals surface area contributed by atoms with Crippen molar-refractivity contribution in [2.75, 3.05) is 7.11 Å². The summed E-state index contributed by atoms with van der Waals surface area (Å²) in [4.78, 5) is 23.6. The van der Waals surface area contributed by atoms with Gasteiger partial charge in [-0.05, 0) is 6.07 Å². The number of fused-ring (bicyclic) bond motifs is 3. The van der Waals surface area contributed by atoms with Crippen molar-refractivity contribution in [2.45, 2.75) is 13.3 Å². The predicted molar refractivity (Wildman–Crippen MR) is 83.9 cm³/mol. The molecule has 0 aliphatic carbocycles. The molecule has 1 atom stereocenters. The van der Waals surface area contributed by atoms with E-state index in [1.165, 1.54) is 31.4 Å². The average Bonchev–Trinajstić information content (AvgIpc) is 3.08. The first-order chi connectivity index (χ1) is 10.9. The van der Waals surface area contributed by atoms with E-state index in [1.807, 2.05) is 0 Å². The van der Waals surface area contributed by atoms with Crippen molar-refractivity contribution in [3.05, 3.63) is 29.1 Å². The zero-order valence-corrected chi connectivity index (χ0v) is 13.2. The lowest BCUT2D eigenvalue weighted by molar-refractivity contribution is -0.141. The number of halogens is 1. The molecule has 2 aromatic heterocycles. The fraction of sp³-hybridized carbons (Fsp3) is 0.250. The van der Waals surface area contributed by atoms with Crippen LogP contribution in [0.25, 0.3) is 21.1 Å².